The molecule has 0 fully saturated rings. The third-order valence-corrected chi connectivity index (χ3v) is 1.90. The van der Waals surface area contributed by atoms with Crippen LogP contribution >= 0.6 is 0 Å². The molecule has 6 heavy (non-hydrogen) atoms. The topological polar surface area (TPSA) is 80.4 Å². The molecule has 0 aliphatic carbocycles. The van der Waals surface area contributed by atoms with Crippen molar-refractivity contribution in [2.24, 2.45) is 5.40 Å². The summed E-state index contributed by atoms with van der Waals surface area (Å²) in [5, 5.41) is 4.61. The van der Waals surface area contributed by atoms with Gasteiger partial charge in [-0.15, -0.1) is 0 Å². The van der Waals surface area contributed by atoms with Crippen LogP contribution in [0.5, 0.6) is 0 Å². The van der Waals surface area contributed by atoms with E-state index in [1.54, 1.807) is 0 Å². The van der Waals surface area contributed by atoms with Crippen molar-refractivity contribution >= 4 is 18.4 Å². The molecule has 0 rings (SSSR count). The van der Waals surface area contributed by atoms with Crippen molar-refractivity contribution in [3.05, 3.63) is 0 Å². The highest BCUT2D eigenvalue weighted by Gasteiger charge is 1.95. The van der Waals surface area contributed by atoms with Crippen molar-refractivity contribution in [3.8, 4) is 0 Å². The molecule has 0 atom stereocenters. The zero-order valence-corrected chi connectivity index (χ0v) is 5.19. The molecule has 38 valence electrons. The van der Waals surface area contributed by atoms with Crippen LogP contribution in [0, 0.1) is 0 Å². The Labute approximate surface area is 37.6 Å². The Hall–Kier alpha value is 0.0869. The van der Waals surface area contributed by atoms with Gasteiger partial charge in [-0.2, -0.15) is 0 Å². The molecule has 0 spiro atoms. The fourth-order valence-corrected chi connectivity index (χ4v) is 0. The van der Waals surface area contributed by atoms with Gasteiger partial charge in [-0.3, -0.25) is 4.55 Å². The molecule has 0 radical (unpaired) electrons. The lowest BCUT2D eigenvalue weighted by Gasteiger charge is -1.79. The zero-order valence-electron chi connectivity index (χ0n) is 2.96. The van der Waals surface area contributed by atoms with Crippen molar-refractivity contribution in [3.63, 3.8) is 0 Å². The van der Waals surface area contributed by atoms with Gasteiger partial charge in [0.05, 0.1) is 0 Å². The van der Waals surface area contributed by atoms with Crippen LogP contribution < -0.4 is 5.40 Å². The van der Waals surface area contributed by atoms with Gasteiger partial charge in [-0.05, 0) is 0 Å². The van der Waals surface area contributed by atoms with Gasteiger partial charge in [0.15, 0.2) is 0 Å². The van der Waals surface area contributed by atoms with Crippen molar-refractivity contribution in [2.45, 2.75) is 0 Å². The molecule has 0 unspecified atom stereocenters. The van der Waals surface area contributed by atoms with Gasteiger partial charge in [-0.1, -0.05) is 0 Å². The lowest BCUT2D eigenvalue weighted by Crippen LogP contribution is -2.17. The predicted molar refractivity (Wildman–Crippen MR) is 24.3 cm³/mol. The molecule has 3 N–H and O–H groups in total. The fraction of sp³-hybridized carbons (Fsp3) is 0. The number of nitrogens with two attached hydrogens (primary N) is 1. The number of hydrogen-bond donors (Lipinski definition) is 2. The summed E-state index contributed by atoms with van der Waals surface area (Å²) in [5.41, 5.74) is 0. The summed E-state index contributed by atoms with van der Waals surface area (Å²) in [6.07, 6.45) is 0. The van der Waals surface area contributed by atoms with E-state index in [-0.39, 0.29) is 0 Å². The lowest BCUT2D eigenvalue weighted by molar-refractivity contribution is 0.500. The van der Waals surface area contributed by atoms with Crippen molar-refractivity contribution in [1.29, 1.82) is 0 Å². The summed E-state index contributed by atoms with van der Waals surface area (Å²) in [7, 11) is -5.47. The van der Waals surface area contributed by atoms with Gasteiger partial charge in [0.25, 0.3) is 8.83 Å². The van der Waals surface area contributed by atoms with Crippen molar-refractivity contribution in [1.82, 2.24) is 0 Å². The first-order valence-electron chi connectivity index (χ1n) is 1.21. The summed E-state index contributed by atoms with van der Waals surface area (Å²) in [4.78, 5) is 0. The molecular formula is H5NO3SSi. The van der Waals surface area contributed by atoms with E-state index in [1.165, 1.54) is 0 Å². The predicted octanol–water partition coefficient (Wildman–Crippen LogP) is -2.17. The normalized spacial score (nSPS) is 13.7. The van der Waals surface area contributed by atoms with Gasteiger partial charge in [-0.25, -0.2) is 8.42 Å². The first-order chi connectivity index (χ1) is 2.56. The maximum absolute atomic E-state index is 9.49. The van der Waals surface area contributed by atoms with Crippen LogP contribution in [0.2, 0.25) is 0 Å². The Bertz CT molecular complexity index is 113. The van der Waals surface area contributed by atoms with Gasteiger partial charge >= 0.3 is 0 Å². The SMILES string of the molecule is N[SiH2]S(=O)(=O)O. The van der Waals surface area contributed by atoms with Crippen molar-refractivity contribution in [2.75, 3.05) is 0 Å². The van der Waals surface area contributed by atoms with Crippen LogP contribution in [0.4, 0.5) is 0 Å². The highest BCUT2D eigenvalue weighted by molar-refractivity contribution is 8.10. The quantitative estimate of drug-likeness (QED) is 0.310. The van der Waals surface area contributed by atoms with E-state index in [4.69, 9.17) is 4.55 Å². The van der Waals surface area contributed by atoms with Crippen LogP contribution in [0.3, 0.4) is 0 Å². The van der Waals surface area contributed by atoms with Crippen LogP contribution in [-0.2, 0) is 9.57 Å². The third kappa shape index (κ3) is 4.09. The minimum atomic E-state index is -3.75. The van der Waals surface area contributed by atoms with Gasteiger partial charge < -0.3 is 5.40 Å². The molecule has 4 nitrogen and oxygen atoms in total. The molecule has 0 saturated carbocycles. The second kappa shape index (κ2) is 1.69. The first kappa shape index (κ1) is 6.09. The standard InChI is InChI=1S/H5NO3SSi/c1-6-5(2,3)4/h1,6H2,(H,2,3,4). The van der Waals surface area contributed by atoms with Gasteiger partial charge in [0.1, 0.15) is 0 Å². The van der Waals surface area contributed by atoms with Crippen LogP contribution in [0.1, 0.15) is 0 Å². The van der Waals surface area contributed by atoms with E-state index in [2.05, 4.69) is 5.40 Å². The summed E-state index contributed by atoms with van der Waals surface area (Å²) >= 11 is 0. The largest absolute Gasteiger partial charge is 0.342 e. The van der Waals surface area contributed by atoms with Crippen LogP contribution in [0.25, 0.3) is 0 Å². The molecule has 0 aromatic carbocycles. The van der Waals surface area contributed by atoms with Gasteiger partial charge in [0.2, 0.25) is 9.57 Å². The minimum Gasteiger partial charge on any atom is -0.342 e. The summed E-state index contributed by atoms with van der Waals surface area (Å²) in [6, 6.07) is 0. The average molecular weight is 127 g/mol. The van der Waals surface area contributed by atoms with Crippen molar-refractivity contribution < 1.29 is 13.0 Å². The van der Waals surface area contributed by atoms with Gasteiger partial charge in [0, 0.05) is 0 Å². The summed E-state index contributed by atoms with van der Waals surface area (Å²) < 4.78 is 26.7. The monoisotopic (exact) mass is 127 g/mol. The van der Waals surface area contributed by atoms with E-state index in [0.29, 0.717) is 0 Å². The van der Waals surface area contributed by atoms with E-state index < -0.39 is 18.4 Å². The fourth-order valence-electron chi connectivity index (χ4n) is 0. The molecule has 0 aliphatic heterocycles. The highest BCUT2D eigenvalue weighted by Crippen LogP contribution is 1.64. The minimum absolute atomic E-state index is 1.72. The maximum atomic E-state index is 9.49. The Morgan fingerprint density at radius 3 is 1.83 bits per heavy atom. The molecule has 6 heteroatoms. The maximum Gasteiger partial charge on any atom is 0.266 e. The highest BCUT2D eigenvalue weighted by atomic mass is 32.4. The molecular weight excluding hydrogens is 122 g/mol. The van der Waals surface area contributed by atoms with E-state index >= 15 is 0 Å². The van der Waals surface area contributed by atoms with E-state index in [9.17, 15) is 8.42 Å². The number of hydrogen-bond acceptors (Lipinski definition) is 3. The van der Waals surface area contributed by atoms with E-state index in [0.717, 1.165) is 0 Å². The Morgan fingerprint density at radius 1 is 1.67 bits per heavy atom. The zero-order chi connectivity index (χ0) is 5.21. The lowest BCUT2D eigenvalue weighted by atomic mass is 13.9. The molecule has 0 amide bonds. The molecule has 0 aromatic heterocycles. The summed E-state index contributed by atoms with van der Waals surface area (Å²) in [6.45, 7) is 0. The molecule has 0 saturated heterocycles. The Kier molecular flexibility index (Phi) is 1.72. The van der Waals surface area contributed by atoms with Crippen LogP contribution in [0.15, 0.2) is 0 Å². The molecule has 0 aromatic rings. The number of rotatable bonds is 1. The first-order valence-corrected chi connectivity index (χ1v) is 5.37. The Balaban J connectivity index is 3.85. The Morgan fingerprint density at radius 2 is 1.83 bits per heavy atom. The van der Waals surface area contributed by atoms with E-state index in [1.807, 2.05) is 0 Å². The summed E-state index contributed by atoms with van der Waals surface area (Å²) in [5.74, 6) is 0. The third-order valence-electron chi connectivity index (χ3n) is 0.211. The smallest absolute Gasteiger partial charge is 0.266 e. The average Bonchev–Trinajstić information content (AvgIpc) is 1.35. The second-order valence-corrected chi connectivity index (χ2v) is 5.43. The molecule has 0 aliphatic rings. The second-order valence-electron chi connectivity index (χ2n) is 0.749. The molecule has 0 heterocycles. The molecule has 0 bridgehead atoms. The van der Waals surface area contributed by atoms with Crippen LogP contribution in [-0.4, -0.2) is 21.8 Å².